The van der Waals surface area contributed by atoms with Crippen LogP contribution in [0.1, 0.15) is 16.8 Å². The summed E-state index contributed by atoms with van der Waals surface area (Å²) in [5.74, 6) is 0.742. The highest BCUT2D eigenvalue weighted by Gasteiger charge is 2.29. The zero-order valence-corrected chi connectivity index (χ0v) is 15.3. The Hall–Kier alpha value is -3.47. The standard InChI is InChI=1S/C23H19N3O2/c27-23(26-12-9-18(15-26)28-17-6-3-10-24-14-17)21-13-16-5-1-2-7-19(16)20-8-4-11-25-22(20)21/h1-8,10-11,13-14,18H,9,12,15H2/t18-/m0/s1. The van der Waals surface area contributed by atoms with Crippen LogP contribution in [-0.4, -0.2) is 40.0 Å². The average Bonchev–Trinajstić information content (AvgIpc) is 3.22. The molecule has 2 aromatic carbocycles. The molecule has 1 aliphatic heterocycles. The van der Waals surface area contributed by atoms with Crippen molar-refractivity contribution in [1.82, 2.24) is 14.9 Å². The Morgan fingerprint density at radius 3 is 2.79 bits per heavy atom. The van der Waals surface area contributed by atoms with Crippen molar-refractivity contribution in [3.05, 3.63) is 78.8 Å². The van der Waals surface area contributed by atoms with E-state index in [4.69, 9.17) is 4.74 Å². The molecular weight excluding hydrogens is 350 g/mol. The van der Waals surface area contributed by atoms with Crippen molar-refractivity contribution in [2.24, 2.45) is 0 Å². The molecule has 3 heterocycles. The highest BCUT2D eigenvalue weighted by atomic mass is 16.5. The Morgan fingerprint density at radius 2 is 1.89 bits per heavy atom. The first-order valence-corrected chi connectivity index (χ1v) is 9.42. The molecule has 138 valence electrons. The van der Waals surface area contributed by atoms with Crippen molar-refractivity contribution in [3.8, 4) is 5.75 Å². The molecule has 0 N–H and O–H groups in total. The molecule has 0 bridgehead atoms. The van der Waals surface area contributed by atoms with E-state index >= 15 is 0 Å². The van der Waals surface area contributed by atoms with Crippen molar-refractivity contribution in [2.45, 2.75) is 12.5 Å². The molecule has 0 radical (unpaired) electrons. The van der Waals surface area contributed by atoms with Crippen LogP contribution in [0.5, 0.6) is 5.75 Å². The second-order valence-corrected chi connectivity index (χ2v) is 7.01. The summed E-state index contributed by atoms with van der Waals surface area (Å²) in [7, 11) is 0. The van der Waals surface area contributed by atoms with E-state index in [1.807, 2.05) is 53.4 Å². The quantitative estimate of drug-likeness (QED) is 0.511. The van der Waals surface area contributed by atoms with Crippen molar-refractivity contribution < 1.29 is 9.53 Å². The van der Waals surface area contributed by atoms with Crippen LogP contribution in [0.15, 0.2) is 73.2 Å². The predicted molar refractivity (Wildman–Crippen MR) is 108 cm³/mol. The van der Waals surface area contributed by atoms with Crippen LogP contribution in [0.3, 0.4) is 0 Å². The van der Waals surface area contributed by atoms with Gasteiger partial charge in [0.05, 0.1) is 23.8 Å². The number of benzene rings is 2. The van der Waals surface area contributed by atoms with E-state index in [0.29, 0.717) is 18.7 Å². The van der Waals surface area contributed by atoms with Gasteiger partial charge >= 0.3 is 0 Å². The molecule has 5 heteroatoms. The van der Waals surface area contributed by atoms with Crippen LogP contribution < -0.4 is 4.74 Å². The first-order valence-electron chi connectivity index (χ1n) is 9.42. The van der Waals surface area contributed by atoms with E-state index < -0.39 is 0 Å². The lowest BCUT2D eigenvalue weighted by Crippen LogP contribution is -2.31. The zero-order valence-electron chi connectivity index (χ0n) is 15.3. The van der Waals surface area contributed by atoms with Crippen molar-refractivity contribution in [3.63, 3.8) is 0 Å². The SMILES string of the molecule is O=C(c1cc2ccccc2c2cccnc12)N1CC[C@H](Oc2cccnc2)C1. The summed E-state index contributed by atoms with van der Waals surface area (Å²) in [6, 6.07) is 17.7. The summed E-state index contributed by atoms with van der Waals surface area (Å²) >= 11 is 0. The van der Waals surface area contributed by atoms with Crippen LogP contribution >= 0.6 is 0 Å². The number of pyridine rings is 2. The molecule has 5 nitrogen and oxygen atoms in total. The van der Waals surface area contributed by atoms with Gasteiger partial charge in [-0.1, -0.05) is 30.3 Å². The fourth-order valence-corrected chi connectivity index (χ4v) is 3.88. The Labute approximate surface area is 162 Å². The molecule has 0 unspecified atom stereocenters. The molecule has 0 spiro atoms. The van der Waals surface area contributed by atoms with E-state index in [1.54, 1.807) is 18.6 Å². The van der Waals surface area contributed by atoms with Crippen LogP contribution in [-0.2, 0) is 0 Å². The summed E-state index contributed by atoms with van der Waals surface area (Å²) < 4.78 is 5.98. The number of hydrogen-bond donors (Lipinski definition) is 0. The monoisotopic (exact) mass is 369 g/mol. The number of amides is 1. The summed E-state index contributed by atoms with van der Waals surface area (Å²) in [4.78, 5) is 23.8. The minimum Gasteiger partial charge on any atom is -0.487 e. The van der Waals surface area contributed by atoms with Gasteiger partial charge in [-0.25, -0.2) is 0 Å². The molecule has 1 amide bonds. The summed E-state index contributed by atoms with van der Waals surface area (Å²) in [5.41, 5.74) is 1.40. The predicted octanol–water partition coefficient (Wildman–Crippen LogP) is 4.08. The van der Waals surface area contributed by atoms with Crippen molar-refractivity contribution >= 4 is 27.6 Å². The molecule has 1 aliphatic rings. The Balaban J connectivity index is 1.46. The molecule has 0 aliphatic carbocycles. The van der Waals surface area contributed by atoms with E-state index in [1.165, 1.54) is 0 Å². The third-order valence-electron chi connectivity index (χ3n) is 5.21. The smallest absolute Gasteiger partial charge is 0.256 e. The highest BCUT2D eigenvalue weighted by molar-refractivity contribution is 6.15. The maximum Gasteiger partial charge on any atom is 0.256 e. The fraction of sp³-hybridized carbons (Fsp3) is 0.174. The van der Waals surface area contributed by atoms with Gasteiger partial charge in [0.1, 0.15) is 11.9 Å². The maximum absolute atomic E-state index is 13.3. The van der Waals surface area contributed by atoms with Gasteiger partial charge in [-0.2, -0.15) is 0 Å². The van der Waals surface area contributed by atoms with E-state index in [9.17, 15) is 4.79 Å². The first kappa shape index (κ1) is 16.7. The Bertz CT molecular complexity index is 1160. The number of nitrogens with zero attached hydrogens (tertiary/aromatic N) is 3. The average molecular weight is 369 g/mol. The number of rotatable bonds is 3. The second kappa shape index (κ2) is 6.93. The number of carbonyl (C=O) groups is 1. The largest absolute Gasteiger partial charge is 0.487 e. The molecule has 28 heavy (non-hydrogen) atoms. The summed E-state index contributed by atoms with van der Waals surface area (Å²) in [5, 5.41) is 3.17. The number of fused-ring (bicyclic) bond motifs is 3. The van der Waals surface area contributed by atoms with Gasteiger partial charge in [0.25, 0.3) is 5.91 Å². The van der Waals surface area contributed by atoms with Crippen LogP contribution in [0, 0.1) is 0 Å². The van der Waals surface area contributed by atoms with Gasteiger partial charge in [0.2, 0.25) is 0 Å². The zero-order chi connectivity index (χ0) is 18.9. The van der Waals surface area contributed by atoms with Gasteiger partial charge in [0, 0.05) is 30.7 Å². The highest BCUT2D eigenvalue weighted by Crippen LogP contribution is 2.29. The number of likely N-dealkylation sites (tertiary alicyclic amines) is 1. The molecule has 0 saturated carbocycles. The molecule has 2 aromatic heterocycles. The maximum atomic E-state index is 13.3. The number of ether oxygens (including phenoxy) is 1. The van der Waals surface area contributed by atoms with Gasteiger partial charge in [-0.15, -0.1) is 0 Å². The molecule has 1 saturated heterocycles. The van der Waals surface area contributed by atoms with Gasteiger partial charge in [0.15, 0.2) is 0 Å². The van der Waals surface area contributed by atoms with Crippen molar-refractivity contribution in [2.75, 3.05) is 13.1 Å². The van der Waals surface area contributed by atoms with Crippen LogP contribution in [0.2, 0.25) is 0 Å². The number of aromatic nitrogens is 2. The molecular formula is C23H19N3O2. The van der Waals surface area contributed by atoms with Gasteiger partial charge in [-0.05, 0) is 35.0 Å². The lowest BCUT2D eigenvalue weighted by atomic mass is 10.00. The van der Waals surface area contributed by atoms with Crippen LogP contribution in [0.25, 0.3) is 21.7 Å². The topological polar surface area (TPSA) is 55.3 Å². The minimum absolute atomic E-state index is 0.00624. The molecule has 4 aromatic rings. The minimum atomic E-state index is -0.0205. The van der Waals surface area contributed by atoms with Gasteiger partial charge in [-0.3, -0.25) is 14.8 Å². The first-order chi connectivity index (χ1) is 13.8. The molecule has 5 rings (SSSR count). The second-order valence-electron chi connectivity index (χ2n) is 7.01. The molecule has 1 atom stereocenters. The van der Waals surface area contributed by atoms with E-state index in [2.05, 4.69) is 16.0 Å². The fourth-order valence-electron chi connectivity index (χ4n) is 3.88. The molecule has 1 fully saturated rings. The van der Waals surface area contributed by atoms with Crippen LogP contribution in [0.4, 0.5) is 0 Å². The third-order valence-corrected chi connectivity index (χ3v) is 5.21. The lowest BCUT2D eigenvalue weighted by molar-refractivity contribution is 0.0774. The summed E-state index contributed by atoms with van der Waals surface area (Å²) in [6.45, 7) is 1.24. The summed E-state index contributed by atoms with van der Waals surface area (Å²) in [6.07, 6.45) is 5.94. The Kier molecular flexibility index (Phi) is 4.13. The van der Waals surface area contributed by atoms with Crippen molar-refractivity contribution in [1.29, 1.82) is 0 Å². The normalized spacial score (nSPS) is 16.6. The number of carbonyl (C=O) groups excluding carboxylic acids is 1. The van der Waals surface area contributed by atoms with E-state index in [0.717, 1.165) is 33.8 Å². The lowest BCUT2D eigenvalue weighted by Gasteiger charge is -2.18. The Morgan fingerprint density at radius 1 is 1.04 bits per heavy atom. The van der Waals surface area contributed by atoms with Gasteiger partial charge < -0.3 is 9.64 Å². The third kappa shape index (κ3) is 2.95. The number of hydrogen-bond acceptors (Lipinski definition) is 4. The van der Waals surface area contributed by atoms with E-state index in [-0.39, 0.29) is 12.0 Å².